The van der Waals surface area contributed by atoms with Crippen molar-refractivity contribution in [2.45, 2.75) is 12.5 Å². The minimum Gasteiger partial charge on any atom is -0.503 e. The molecule has 1 saturated heterocycles. The maximum absolute atomic E-state index is 13.1. The third-order valence-electron chi connectivity index (χ3n) is 5.89. The van der Waals surface area contributed by atoms with Crippen LogP contribution in [0.15, 0.2) is 64.5 Å². The van der Waals surface area contributed by atoms with Crippen LogP contribution in [-0.2, 0) is 14.3 Å². The Kier molecular flexibility index (Phi) is 7.19. The number of carbonyl (C=O) groups excluding carboxylic acids is 2. The Balaban J connectivity index is 1.61. The Hall–Kier alpha value is -3.76. The number of nitrogens with zero attached hydrogens (tertiary/aromatic N) is 3. The molecule has 0 radical (unpaired) electrons. The maximum Gasteiger partial charge on any atom is 0.290 e. The van der Waals surface area contributed by atoms with Crippen LogP contribution >= 0.6 is 0 Å². The summed E-state index contributed by atoms with van der Waals surface area (Å²) in [6.45, 7) is 3.90. The van der Waals surface area contributed by atoms with Crippen LogP contribution in [-0.4, -0.2) is 70.9 Å². The highest BCUT2D eigenvalue weighted by molar-refractivity contribution is 6.14. The first-order valence-electron chi connectivity index (χ1n) is 11.0. The van der Waals surface area contributed by atoms with Gasteiger partial charge in [0.15, 0.2) is 11.5 Å². The zero-order chi connectivity index (χ0) is 24.1. The highest BCUT2D eigenvalue weighted by Gasteiger charge is 2.43. The topological polar surface area (TPSA) is 126 Å². The summed E-state index contributed by atoms with van der Waals surface area (Å²) in [6.07, 6.45) is 4.73. The molecule has 0 bridgehead atoms. The molecule has 0 aliphatic carbocycles. The smallest absolute Gasteiger partial charge is 0.290 e. The molecule has 2 aliphatic heterocycles. The van der Waals surface area contributed by atoms with Crippen molar-refractivity contribution < 1.29 is 28.8 Å². The van der Waals surface area contributed by atoms with E-state index in [0.29, 0.717) is 31.0 Å². The second-order valence-corrected chi connectivity index (χ2v) is 8.04. The third kappa shape index (κ3) is 5.08. The van der Waals surface area contributed by atoms with Gasteiger partial charge in [0.2, 0.25) is 0 Å². The first-order chi connectivity index (χ1) is 16.5. The number of nitro groups is 1. The molecule has 3 heterocycles. The zero-order valence-electron chi connectivity index (χ0n) is 18.5. The van der Waals surface area contributed by atoms with Gasteiger partial charge in [-0.15, -0.1) is 0 Å². The van der Waals surface area contributed by atoms with Crippen molar-refractivity contribution in [3.63, 3.8) is 0 Å². The molecule has 10 nitrogen and oxygen atoms in total. The molecule has 1 aromatic heterocycles. The number of nitro benzene ring substituents is 1. The van der Waals surface area contributed by atoms with Crippen molar-refractivity contribution in [2.75, 3.05) is 39.4 Å². The number of rotatable bonds is 9. The fourth-order valence-corrected chi connectivity index (χ4v) is 4.21. The molecular weight excluding hydrogens is 442 g/mol. The predicted molar refractivity (Wildman–Crippen MR) is 122 cm³/mol. The summed E-state index contributed by atoms with van der Waals surface area (Å²) in [7, 11) is 0. The van der Waals surface area contributed by atoms with Gasteiger partial charge in [-0.05, 0) is 36.3 Å². The molecule has 1 unspecified atom stereocenters. The summed E-state index contributed by atoms with van der Waals surface area (Å²) in [4.78, 5) is 40.5. The molecule has 1 atom stereocenters. The number of ether oxygens (including phenoxy) is 1. The van der Waals surface area contributed by atoms with Gasteiger partial charge >= 0.3 is 0 Å². The normalized spacial score (nSPS) is 19.4. The number of furan rings is 1. The molecular formula is C24H25N3O7. The van der Waals surface area contributed by atoms with E-state index in [4.69, 9.17) is 9.15 Å². The average molecular weight is 467 g/mol. The largest absolute Gasteiger partial charge is 0.503 e. The lowest BCUT2D eigenvalue weighted by Crippen LogP contribution is -2.39. The van der Waals surface area contributed by atoms with Gasteiger partial charge < -0.3 is 19.2 Å². The van der Waals surface area contributed by atoms with E-state index in [1.807, 2.05) is 0 Å². The van der Waals surface area contributed by atoms with Gasteiger partial charge in [0.25, 0.3) is 11.6 Å². The average Bonchev–Trinajstić information content (AvgIpc) is 3.45. The number of allylic oxidation sites excluding steroid dienone is 1. The predicted octanol–water partition coefficient (Wildman–Crippen LogP) is 2.89. The summed E-state index contributed by atoms with van der Waals surface area (Å²) in [5.74, 6) is -1.45. The van der Waals surface area contributed by atoms with Crippen LogP contribution < -0.4 is 0 Å². The highest BCUT2D eigenvalue weighted by atomic mass is 16.6. The standard InChI is InChI=1S/C24H25N3O7/c28-20(8-7-19-6-2-13-34-19)21-22(17-4-1-5-18(16-17)27(31)32)26(24(30)23(21)29)10-3-9-25-11-14-33-15-12-25/h1-2,4-8,13,16,22,29H,3,9-12,14-15H2/b8-7+. The van der Waals surface area contributed by atoms with Crippen molar-refractivity contribution in [3.8, 4) is 0 Å². The first kappa shape index (κ1) is 23.4. The molecule has 1 amide bonds. The van der Waals surface area contributed by atoms with E-state index >= 15 is 0 Å². The third-order valence-corrected chi connectivity index (χ3v) is 5.89. The van der Waals surface area contributed by atoms with Gasteiger partial charge in [-0.2, -0.15) is 0 Å². The lowest BCUT2D eigenvalue weighted by Gasteiger charge is -2.29. The highest BCUT2D eigenvalue weighted by Crippen LogP contribution is 2.39. The van der Waals surface area contributed by atoms with Crippen molar-refractivity contribution in [2.24, 2.45) is 0 Å². The molecule has 34 heavy (non-hydrogen) atoms. The van der Waals surface area contributed by atoms with Gasteiger partial charge in [-0.25, -0.2) is 0 Å². The van der Waals surface area contributed by atoms with Crippen molar-refractivity contribution in [1.29, 1.82) is 0 Å². The van der Waals surface area contributed by atoms with Gasteiger partial charge in [-0.1, -0.05) is 12.1 Å². The second-order valence-electron chi connectivity index (χ2n) is 8.04. The van der Waals surface area contributed by atoms with E-state index in [0.717, 1.165) is 19.6 Å². The quantitative estimate of drug-likeness (QED) is 0.339. The van der Waals surface area contributed by atoms with Gasteiger partial charge in [0, 0.05) is 38.3 Å². The molecule has 1 fully saturated rings. The Labute approximate surface area is 195 Å². The molecule has 10 heteroatoms. The lowest BCUT2D eigenvalue weighted by molar-refractivity contribution is -0.384. The number of aliphatic hydroxyl groups is 1. The molecule has 0 saturated carbocycles. The van der Waals surface area contributed by atoms with Crippen LogP contribution in [0.1, 0.15) is 23.8 Å². The lowest BCUT2D eigenvalue weighted by atomic mass is 9.95. The molecule has 4 rings (SSSR count). The molecule has 178 valence electrons. The van der Waals surface area contributed by atoms with Crippen molar-refractivity contribution in [3.05, 3.63) is 81.5 Å². The number of hydrogen-bond acceptors (Lipinski definition) is 8. The summed E-state index contributed by atoms with van der Waals surface area (Å²) >= 11 is 0. The fourth-order valence-electron chi connectivity index (χ4n) is 4.21. The van der Waals surface area contributed by atoms with Crippen molar-refractivity contribution >= 4 is 23.5 Å². The summed E-state index contributed by atoms with van der Waals surface area (Å²) < 4.78 is 10.6. The van der Waals surface area contributed by atoms with Crippen LogP contribution in [0, 0.1) is 10.1 Å². The van der Waals surface area contributed by atoms with Crippen LogP contribution in [0.2, 0.25) is 0 Å². The van der Waals surface area contributed by atoms with Gasteiger partial charge in [0.05, 0.1) is 36.0 Å². The van der Waals surface area contributed by atoms with E-state index in [2.05, 4.69) is 4.90 Å². The van der Waals surface area contributed by atoms with E-state index in [9.17, 15) is 24.8 Å². The molecule has 2 aromatic rings. The number of ketones is 1. The van der Waals surface area contributed by atoms with Crippen LogP contribution in [0.5, 0.6) is 0 Å². The minimum absolute atomic E-state index is 0.111. The van der Waals surface area contributed by atoms with E-state index in [1.165, 1.54) is 41.5 Å². The monoisotopic (exact) mass is 467 g/mol. The van der Waals surface area contributed by atoms with Crippen LogP contribution in [0.4, 0.5) is 5.69 Å². The summed E-state index contributed by atoms with van der Waals surface area (Å²) in [5, 5.41) is 22.0. The fraction of sp³-hybridized carbons (Fsp3) is 0.333. The van der Waals surface area contributed by atoms with Crippen molar-refractivity contribution in [1.82, 2.24) is 9.80 Å². The van der Waals surface area contributed by atoms with Crippen LogP contribution in [0.3, 0.4) is 0 Å². The Morgan fingerprint density at radius 1 is 1.21 bits per heavy atom. The van der Waals surface area contributed by atoms with E-state index in [1.54, 1.807) is 18.2 Å². The Bertz CT molecular complexity index is 1120. The SMILES string of the molecule is O=C(/C=C/c1ccco1)C1=C(O)C(=O)N(CCCN2CCOCC2)C1c1cccc([N+](=O)[O-])c1. The molecule has 2 aliphatic rings. The minimum atomic E-state index is -0.939. The summed E-state index contributed by atoms with van der Waals surface area (Å²) in [6, 6.07) is 8.17. The number of amides is 1. The molecule has 0 spiro atoms. The number of benzene rings is 1. The van der Waals surface area contributed by atoms with Gasteiger partial charge in [0.1, 0.15) is 5.76 Å². The summed E-state index contributed by atoms with van der Waals surface area (Å²) in [5.41, 5.74) is 0.106. The van der Waals surface area contributed by atoms with Gasteiger partial charge in [-0.3, -0.25) is 24.6 Å². The number of aliphatic hydroxyl groups excluding tert-OH is 1. The Morgan fingerprint density at radius 2 is 2.00 bits per heavy atom. The number of hydrogen-bond donors (Lipinski definition) is 1. The van der Waals surface area contributed by atoms with Crippen LogP contribution in [0.25, 0.3) is 6.08 Å². The maximum atomic E-state index is 13.1. The number of non-ortho nitro benzene ring substituents is 1. The zero-order valence-corrected chi connectivity index (χ0v) is 18.5. The first-order valence-corrected chi connectivity index (χ1v) is 11.0. The van der Waals surface area contributed by atoms with E-state index < -0.39 is 28.4 Å². The van der Waals surface area contributed by atoms with E-state index in [-0.39, 0.29) is 17.8 Å². The number of morpholine rings is 1. The second kappa shape index (κ2) is 10.4. The molecule has 1 N–H and O–H groups in total. The molecule has 1 aromatic carbocycles. The number of carbonyl (C=O) groups is 2. The Morgan fingerprint density at radius 3 is 2.71 bits per heavy atom.